The highest BCUT2D eigenvalue weighted by molar-refractivity contribution is 7.13. The normalized spacial score (nSPS) is 10.7. The topological polar surface area (TPSA) is 52.0 Å². The van der Waals surface area contributed by atoms with Gasteiger partial charge in [0.1, 0.15) is 5.69 Å². The summed E-state index contributed by atoms with van der Waals surface area (Å²) >= 11 is 7.77. The predicted octanol–water partition coefficient (Wildman–Crippen LogP) is 4.31. The van der Waals surface area contributed by atoms with Crippen molar-refractivity contribution in [2.45, 2.75) is 0 Å². The number of aromatic nitrogens is 1. The van der Waals surface area contributed by atoms with Gasteiger partial charge in [0, 0.05) is 10.4 Å². The molecule has 0 unspecified atom stereocenters. The van der Waals surface area contributed by atoms with Crippen LogP contribution >= 0.6 is 22.9 Å². The van der Waals surface area contributed by atoms with Crippen LogP contribution in [0.3, 0.4) is 0 Å². The number of nitrogens with zero attached hydrogens (tertiary/aromatic N) is 1. The molecule has 0 saturated carbocycles. The molecular weight excluding hydrogens is 268 g/mol. The Morgan fingerprint density at radius 1 is 1.17 bits per heavy atom. The van der Waals surface area contributed by atoms with E-state index in [-0.39, 0.29) is 0 Å². The zero-order valence-electron chi connectivity index (χ0n) is 9.26. The Balaban J connectivity index is 2.23. The van der Waals surface area contributed by atoms with Crippen LogP contribution in [0.15, 0.2) is 46.3 Å². The van der Waals surface area contributed by atoms with Crippen LogP contribution in [0.1, 0.15) is 0 Å². The summed E-state index contributed by atoms with van der Waals surface area (Å²) in [7, 11) is 0. The van der Waals surface area contributed by atoms with E-state index in [1.54, 1.807) is 11.3 Å². The van der Waals surface area contributed by atoms with Crippen LogP contribution < -0.4 is 5.73 Å². The fraction of sp³-hybridized carbons (Fsp3) is 0. The summed E-state index contributed by atoms with van der Waals surface area (Å²) in [4.78, 5) is 1.02. The monoisotopic (exact) mass is 276 g/mol. The SMILES string of the molecule is Nc1onc(-c2ccccc2Cl)c1-c1cccs1. The van der Waals surface area contributed by atoms with Gasteiger partial charge < -0.3 is 10.3 Å². The Kier molecular flexibility index (Phi) is 2.81. The standard InChI is InChI=1S/C13H9ClN2OS/c14-9-5-2-1-4-8(9)12-11(13(15)17-16-12)10-6-3-7-18-10/h1-7H,15H2. The lowest BCUT2D eigenvalue weighted by atomic mass is 10.1. The van der Waals surface area contributed by atoms with Gasteiger partial charge >= 0.3 is 0 Å². The number of anilines is 1. The third-order valence-electron chi connectivity index (χ3n) is 2.62. The van der Waals surface area contributed by atoms with Crippen molar-refractivity contribution in [1.29, 1.82) is 0 Å². The Bertz CT molecular complexity index is 676. The zero-order valence-corrected chi connectivity index (χ0v) is 10.8. The Morgan fingerprint density at radius 2 is 2.00 bits per heavy atom. The third kappa shape index (κ3) is 1.79. The quantitative estimate of drug-likeness (QED) is 0.759. The average Bonchev–Trinajstić information content (AvgIpc) is 2.98. The second-order valence-corrected chi connectivity index (χ2v) is 5.08. The minimum Gasteiger partial charge on any atom is -0.367 e. The van der Waals surface area contributed by atoms with E-state index in [1.807, 2.05) is 41.8 Å². The molecule has 0 atom stereocenters. The molecule has 0 spiro atoms. The highest BCUT2D eigenvalue weighted by Crippen LogP contribution is 2.40. The van der Waals surface area contributed by atoms with Gasteiger partial charge in [-0.1, -0.05) is 41.0 Å². The fourth-order valence-corrected chi connectivity index (χ4v) is 2.80. The van der Waals surface area contributed by atoms with E-state index < -0.39 is 0 Å². The largest absolute Gasteiger partial charge is 0.367 e. The maximum Gasteiger partial charge on any atom is 0.231 e. The van der Waals surface area contributed by atoms with Crippen molar-refractivity contribution in [1.82, 2.24) is 5.16 Å². The van der Waals surface area contributed by atoms with Crippen LogP contribution in [-0.2, 0) is 0 Å². The van der Waals surface area contributed by atoms with Crippen LogP contribution in [0.2, 0.25) is 5.02 Å². The molecule has 0 aliphatic heterocycles. The molecular formula is C13H9ClN2OS. The van der Waals surface area contributed by atoms with E-state index in [0.29, 0.717) is 16.6 Å². The van der Waals surface area contributed by atoms with Gasteiger partial charge in [-0.05, 0) is 17.5 Å². The molecule has 90 valence electrons. The van der Waals surface area contributed by atoms with Crippen LogP contribution in [-0.4, -0.2) is 5.16 Å². The Morgan fingerprint density at radius 3 is 2.72 bits per heavy atom. The van der Waals surface area contributed by atoms with Crippen LogP contribution in [0.4, 0.5) is 5.88 Å². The van der Waals surface area contributed by atoms with Crippen molar-refractivity contribution in [3.63, 3.8) is 0 Å². The van der Waals surface area contributed by atoms with Gasteiger partial charge in [-0.2, -0.15) is 0 Å². The molecule has 3 rings (SSSR count). The van der Waals surface area contributed by atoms with E-state index in [9.17, 15) is 0 Å². The van der Waals surface area contributed by atoms with Crippen molar-refractivity contribution in [2.75, 3.05) is 5.73 Å². The van der Waals surface area contributed by atoms with Crippen molar-refractivity contribution in [3.05, 3.63) is 46.8 Å². The van der Waals surface area contributed by atoms with E-state index in [4.69, 9.17) is 21.9 Å². The number of nitrogens with two attached hydrogens (primary N) is 1. The second kappa shape index (κ2) is 4.48. The fourth-order valence-electron chi connectivity index (χ4n) is 1.80. The minimum atomic E-state index is 0.312. The molecule has 0 radical (unpaired) electrons. The number of nitrogen functional groups attached to an aromatic ring is 1. The zero-order chi connectivity index (χ0) is 12.5. The summed E-state index contributed by atoms with van der Waals surface area (Å²) in [6.45, 7) is 0. The highest BCUT2D eigenvalue weighted by atomic mass is 35.5. The predicted molar refractivity (Wildman–Crippen MR) is 74.7 cm³/mol. The molecule has 0 aliphatic carbocycles. The maximum absolute atomic E-state index is 6.18. The number of rotatable bonds is 2. The van der Waals surface area contributed by atoms with Gasteiger partial charge in [0.2, 0.25) is 5.88 Å². The molecule has 0 bridgehead atoms. The first kappa shape index (κ1) is 11.3. The van der Waals surface area contributed by atoms with E-state index in [0.717, 1.165) is 16.0 Å². The van der Waals surface area contributed by atoms with Gasteiger partial charge in [0.05, 0.1) is 10.6 Å². The molecule has 2 heterocycles. The van der Waals surface area contributed by atoms with E-state index >= 15 is 0 Å². The van der Waals surface area contributed by atoms with Gasteiger partial charge in [-0.3, -0.25) is 0 Å². The Labute approximate surface area is 113 Å². The molecule has 0 saturated heterocycles. The lowest BCUT2D eigenvalue weighted by Crippen LogP contribution is -1.86. The molecule has 0 aliphatic rings. The lowest BCUT2D eigenvalue weighted by Gasteiger charge is -2.02. The van der Waals surface area contributed by atoms with Gasteiger partial charge in [0.15, 0.2) is 0 Å². The van der Waals surface area contributed by atoms with E-state index in [1.165, 1.54) is 0 Å². The van der Waals surface area contributed by atoms with Gasteiger partial charge in [-0.25, -0.2) is 0 Å². The molecule has 2 N–H and O–H groups in total. The number of halogens is 1. The van der Waals surface area contributed by atoms with E-state index in [2.05, 4.69) is 5.16 Å². The second-order valence-electron chi connectivity index (χ2n) is 3.73. The van der Waals surface area contributed by atoms with Gasteiger partial charge in [-0.15, -0.1) is 11.3 Å². The molecule has 3 nitrogen and oxygen atoms in total. The smallest absolute Gasteiger partial charge is 0.231 e. The van der Waals surface area contributed by atoms with Crippen LogP contribution in [0.5, 0.6) is 0 Å². The van der Waals surface area contributed by atoms with Gasteiger partial charge in [0.25, 0.3) is 0 Å². The molecule has 5 heteroatoms. The molecule has 1 aromatic carbocycles. The first-order valence-electron chi connectivity index (χ1n) is 5.31. The third-order valence-corrected chi connectivity index (χ3v) is 3.83. The summed E-state index contributed by atoms with van der Waals surface area (Å²) in [6.07, 6.45) is 0. The Hall–Kier alpha value is -1.78. The number of benzene rings is 1. The molecule has 18 heavy (non-hydrogen) atoms. The summed E-state index contributed by atoms with van der Waals surface area (Å²) in [5, 5.41) is 6.64. The number of hydrogen-bond acceptors (Lipinski definition) is 4. The first-order chi connectivity index (χ1) is 8.77. The summed E-state index contributed by atoms with van der Waals surface area (Å²) < 4.78 is 5.10. The van der Waals surface area contributed by atoms with Crippen LogP contribution in [0, 0.1) is 0 Å². The first-order valence-corrected chi connectivity index (χ1v) is 6.57. The van der Waals surface area contributed by atoms with Crippen molar-refractivity contribution in [3.8, 4) is 21.7 Å². The summed E-state index contributed by atoms with van der Waals surface area (Å²) in [6, 6.07) is 11.4. The van der Waals surface area contributed by atoms with Crippen LogP contribution in [0.25, 0.3) is 21.7 Å². The molecule has 3 aromatic rings. The van der Waals surface area contributed by atoms with Crippen molar-refractivity contribution in [2.24, 2.45) is 0 Å². The molecule has 0 fully saturated rings. The lowest BCUT2D eigenvalue weighted by molar-refractivity contribution is 0.439. The molecule has 2 aromatic heterocycles. The minimum absolute atomic E-state index is 0.312. The average molecular weight is 277 g/mol. The number of hydrogen-bond donors (Lipinski definition) is 1. The summed E-state index contributed by atoms with van der Waals surface area (Å²) in [5.74, 6) is 0.312. The number of thiophene rings is 1. The van der Waals surface area contributed by atoms with Crippen molar-refractivity contribution < 1.29 is 4.52 Å². The highest BCUT2D eigenvalue weighted by Gasteiger charge is 2.19. The molecule has 0 amide bonds. The van der Waals surface area contributed by atoms with Crippen molar-refractivity contribution >= 4 is 28.8 Å². The maximum atomic E-state index is 6.18. The summed E-state index contributed by atoms with van der Waals surface area (Å²) in [5.41, 5.74) is 8.16.